The number of amides is 1. The van der Waals surface area contributed by atoms with E-state index in [-0.39, 0.29) is 17.7 Å². The lowest BCUT2D eigenvalue weighted by Crippen LogP contribution is -2.18. The number of carbonyl (C=O) groups is 1. The molecular formula is C19H28N6O. The molecule has 1 aromatic heterocycles. The van der Waals surface area contributed by atoms with Crippen LogP contribution in [0.5, 0.6) is 0 Å². The highest BCUT2D eigenvalue weighted by molar-refractivity contribution is 5.92. The Labute approximate surface area is 155 Å². The summed E-state index contributed by atoms with van der Waals surface area (Å²) in [4.78, 5) is 27.0. The van der Waals surface area contributed by atoms with Crippen LogP contribution in [0.2, 0.25) is 0 Å². The van der Waals surface area contributed by atoms with Crippen LogP contribution in [0.25, 0.3) is 0 Å². The van der Waals surface area contributed by atoms with Crippen molar-refractivity contribution in [3.63, 3.8) is 0 Å². The number of nitrogens with zero attached hydrogens (tertiary/aromatic N) is 4. The Morgan fingerprint density at radius 2 is 1.69 bits per heavy atom. The third-order valence-corrected chi connectivity index (χ3v) is 3.75. The van der Waals surface area contributed by atoms with Crippen LogP contribution in [0.1, 0.15) is 45.0 Å². The number of carbonyl (C=O) groups excluding carboxylic acids is 1. The molecule has 26 heavy (non-hydrogen) atoms. The summed E-state index contributed by atoms with van der Waals surface area (Å²) >= 11 is 0. The van der Waals surface area contributed by atoms with Gasteiger partial charge in [0.2, 0.25) is 17.8 Å². The van der Waals surface area contributed by atoms with Crippen molar-refractivity contribution >= 4 is 23.5 Å². The van der Waals surface area contributed by atoms with Gasteiger partial charge in [-0.2, -0.15) is 15.0 Å². The molecule has 0 fully saturated rings. The van der Waals surface area contributed by atoms with Crippen LogP contribution in [-0.4, -0.2) is 35.0 Å². The average Bonchev–Trinajstić information content (AvgIpc) is 2.60. The number of benzene rings is 1. The SMILES string of the molecule is CC(C)C(=O)Nc1ccc(CNc2nc(C(C)C)nc(N(C)C)n2)cc1. The Morgan fingerprint density at radius 1 is 1.04 bits per heavy atom. The Bertz CT molecular complexity index is 714. The zero-order valence-electron chi connectivity index (χ0n) is 16.4. The highest BCUT2D eigenvalue weighted by Crippen LogP contribution is 2.16. The number of hydrogen-bond donors (Lipinski definition) is 2. The van der Waals surface area contributed by atoms with Gasteiger partial charge in [-0.05, 0) is 17.7 Å². The Balaban J connectivity index is 2.05. The van der Waals surface area contributed by atoms with E-state index in [1.54, 1.807) is 0 Å². The quantitative estimate of drug-likeness (QED) is 0.792. The van der Waals surface area contributed by atoms with Crippen molar-refractivity contribution in [2.75, 3.05) is 29.6 Å². The minimum Gasteiger partial charge on any atom is -0.350 e. The minimum absolute atomic E-state index is 0.0125. The maximum atomic E-state index is 11.7. The number of anilines is 3. The zero-order chi connectivity index (χ0) is 19.3. The van der Waals surface area contributed by atoms with E-state index in [2.05, 4.69) is 39.4 Å². The topological polar surface area (TPSA) is 83.0 Å². The fourth-order valence-corrected chi connectivity index (χ4v) is 2.09. The van der Waals surface area contributed by atoms with Crippen molar-refractivity contribution in [1.82, 2.24) is 15.0 Å². The fraction of sp³-hybridized carbons (Fsp3) is 0.474. The van der Waals surface area contributed by atoms with Gasteiger partial charge in [-0.25, -0.2) is 0 Å². The van der Waals surface area contributed by atoms with Gasteiger partial charge >= 0.3 is 0 Å². The summed E-state index contributed by atoms with van der Waals surface area (Å²) in [7, 11) is 3.82. The molecule has 0 bridgehead atoms. The molecule has 0 aliphatic heterocycles. The van der Waals surface area contributed by atoms with Gasteiger partial charge in [0.05, 0.1) is 0 Å². The smallest absolute Gasteiger partial charge is 0.229 e. The van der Waals surface area contributed by atoms with Crippen LogP contribution in [-0.2, 0) is 11.3 Å². The summed E-state index contributed by atoms with van der Waals surface area (Å²) in [5.41, 5.74) is 1.87. The monoisotopic (exact) mass is 356 g/mol. The molecule has 1 amide bonds. The summed E-state index contributed by atoms with van der Waals surface area (Å²) in [5.74, 6) is 2.15. The standard InChI is InChI=1S/C19H28N6O/c1-12(2)16-22-18(24-19(23-16)25(5)6)20-11-14-7-9-15(10-8-14)21-17(26)13(3)4/h7-10,12-13H,11H2,1-6H3,(H,21,26)(H,20,22,23,24). The highest BCUT2D eigenvalue weighted by atomic mass is 16.1. The predicted molar refractivity (Wildman–Crippen MR) is 105 cm³/mol. The van der Waals surface area contributed by atoms with Crippen molar-refractivity contribution in [3.8, 4) is 0 Å². The number of nitrogens with one attached hydrogen (secondary N) is 2. The second-order valence-corrected chi connectivity index (χ2v) is 7.06. The number of rotatable bonds is 7. The molecule has 0 aliphatic carbocycles. The van der Waals surface area contributed by atoms with Crippen molar-refractivity contribution in [2.24, 2.45) is 5.92 Å². The molecule has 0 spiro atoms. The van der Waals surface area contributed by atoms with E-state index in [4.69, 9.17) is 0 Å². The lowest BCUT2D eigenvalue weighted by molar-refractivity contribution is -0.118. The van der Waals surface area contributed by atoms with E-state index in [0.717, 1.165) is 17.1 Å². The van der Waals surface area contributed by atoms with Crippen molar-refractivity contribution in [1.29, 1.82) is 0 Å². The first-order valence-corrected chi connectivity index (χ1v) is 8.83. The van der Waals surface area contributed by atoms with Crippen LogP contribution in [0.15, 0.2) is 24.3 Å². The first-order chi connectivity index (χ1) is 12.3. The van der Waals surface area contributed by atoms with Gasteiger partial charge in [0, 0.05) is 38.2 Å². The first kappa shape index (κ1) is 19.6. The molecule has 0 saturated heterocycles. The molecule has 0 saturated carbocycles. The van der Waals surface area contributed by atoms with E-state index >= 15 is 0 Å². The van der Waals surface area contributed by atoms with Crippen molar-refractivity contribution < 1.29 is 4.79 Å². The second-order valence-electron chi connectivity index (χ2n) is 7.06. The largest absolute Gasteiger partial charge is 0.350 e. The Hall–Kier alpha value is -2.70. The second kappa shape index (κ2) is 8.60. The highest BCUT2D eigenvalue weighted by Gasteiger charge is 2.11. The van der Waals surface area contributed by atoms with E-state index in [1.807, 2.05) is 57.1 Å². The molecule has 0 unspecified atom stereocenters. The van der Waals surface area contributed by atoms with Gasteiger partial charge in [0.1, 0.15) is 5.82 Å². The van der Waals surface area contributed by atoms with Gasteiger partial charge in [-0.3, -0.25) is 4.79 Å². The van der Waals surface area contributed by atoms with Crippen LogP contribution in [0.4, 0.5) is 17.6 Å². The molecule has 2 N–H and O–H groups in total. The number of hydrogen-bond acceptors (Lipinski definition) is 6. The molecule has 1 heterocycles. The van der Waals surface area contributed by atoms with Gasteiger partial charge in [0.25, 0.3) is 0 Å². The summed E-state index contributed by atoms with van der Waals surface area (Å²) in [5, 5.41) is 6.14. The normalized spacial score (nSPS) is 10.9. The minimum atomic E-state index is -0.0405. The molecule has 0 radical (unpaired) electrons. The maximum absolute atomic E-state index is 11.7. The maximum Gasteiger partial charge on any atom is 0.229 e. The zero-order valence-corrected chi connectivity index (χ0v) is 16.4. The third kappa shape index (κ3) is 5.40. The van der Waals surface area contributed by atoms with E-state index in [1.165, 1.54) is 0 Å². The van der Waals surface area contributed by atoms with Gasteiger partial charge in [-0.15, -0.1) is 0 Å². The summed E-state index contributed by atoms with van der Waals surface area (Å²) in [6, 6.07) is 7.74. The number of aromatic nitrogens is 3. The summed E-state index contributed by atoms with van der Waals surface area (Å²) < 4.78 is 0. The van der Waals surface area contributed by atoms with Crippen molar-refractivity contribution in [3.05, 3.63) is 35.7 Å². The van der Waals surface area contributed by atoms with Crippen molar-refractivity contribution in [2.45, 2.75) is 40.2 Å². The molecule has 0 atom stereocenters. The van der Waals surface area contributed by atoms with Gasteiger partial charge in [-0.1, -0.05) is 39.8 Å². The fourth-order valence-electron chi connectivity index (χ4n) is 2.09. The molecular weight excluding hydrogens is 328 g/mol. The Kier molecular flexibility index (Phi) is 6.49. The van der Waals surface area contributed by atoms with Crippen LogP contribution < -0.4 is 15.5 Å². The van der Waals surface area contributed by atoms with Crippen LogP contribution in [0.3, 0.4) is 0 Å². The predicted octanol–water partition coefficient (Wildman–Crippen LogP) is 3.27. The van der Waals surface area contributed by atoms with E-state index in [0.29, 0.717) is 18.4 Å². The molecule has 0 aliphatic rings. The third-order valence-electron chi connectivity index (χ3n) is 3.75. The molecule has 7 nitrogen and oxygen atoms in total. The molecule has 7 heteroatoms. The Morgan fingerprint density at radius 3 is 2.23 bits per heavy atom. The summed E-state index contributed by atoms with van der Waals surface area (Å²) in [6.45, 7) is 8.45. The van der Waals surface area contributed by atoms with E-state index < -0.39 is 0 Å². The molecule has 140 valence electrons. The molecule has 2 rings (SSSR count). The average molecular weight is 356 g/mol. The molecule has 2 aromatic rings. The first-order valence-electron chi connectivity index (χ1n) is 8.83. The molecule has 1 aromatic carbocycles. The summed E-state index contributed by atoms with van der Waals surface area (Å²) in [6.07, 6.45) is 0. The van der Waals surface area contributed by atoms with Gasteiger partial charge in [0.15, 0.2) is 0 Å². The van der Waals surface area contributed by atoms with Gasteiger partial charge < -0.3 is 15.5 Å². The van der Waals surface area contributed by atoms with Crippen LogP contribution >= 0.6 is 0 Å². The lowest BCUT2D eigenvalue weighted by Gasteiger charge is -2.15. The van der Waals surface area contributed by atoms with E-state index in [9.17, 15) is 4.79 Å². The lowest BCUT2D eigenvalue weighted by atomic mass is 10.1. The van der Waals surface area contributed by atoms with Crippen LogP contribution in [0, 0.1) is 5.92 Å².